The van der Waals surface area contributed by atoms with E-state index in [-0.39, 0.29) is 24.3 Å². The Morgan fingerprint density at radius 1 is 1.30 bits per heavy atom. The number of hydrogen-bond donors (Lipinski definition) is 1. The molecule has 2 aromatic rings. The van der Waals surface area contributed by atoms with E-state index in [9.17, 15) is 18.0 Å². The summed E-state index contributed by atoms with van der Waals surface area (Å²) in [6, 6.07) is 7.19. The van der Waals surface area contributed by atoms with Gasteiger partial charge in [0.15, 0.2) is 18.1 Å². The lowest BCUT2D eigenvalue weighted by atomic mass is 10.2. The minimum atomic E-state index is -4.56. The average Bonchev–Trinajstić information content (AvgIpc) is 3.11. The number of hydrogen-bond acceptors (Lipinski definition) is 8. The van der Waals surface area contributed by atoms with Crippen molar-refractivity contribution in [1.29, 1.82) is 0 Å². The van der Waals surface area contributed by atoms with Crippen LogP contribution < -0.4 is 14.8 Å². The van der Waals surface area contributed by atoms with Gasteiger partial charge in [-0.1, -0.05) is 23.9 Å². The molecule has 0 saturated heterocycles. The van der Waals surface area contributed by atoms with Gasteiger partial charge in [-0.15, -0.1) is 10.2 Å². The molecule has 0 radical (unpaired) electrons. The van der Waals surface area contributed by atoms with Crippen LogP contribution in [0.25, 0.3) is 0 Å². The molecule has 1 aliphatic rings. The van der Waals surface area contributed by atoms with Crippen LogP contribution in [0.1, 0.15) is 12.0 Å². The van der Waals surface area contributed by atoms with Crippen LogP contribution in [0.15, 0.2) is 33.9 Å². The number of amides is 1. The third-order valence-electron chi connectivity index (χ3n) is 3.17. The van der Waals surface area contributed by atoms with E-state index in [0.29, 0.717) is 17.3 Å². The molecule has 0 saturated carbocycles. The third kappa shape index (κ3) is 5.67. The summed E-state index contributed by atoms with van der Waals surface area (Å²) < 4.78 is 56.5. The molecule has 8 nitrogen and oxygen atoms in total. The molecule has 0 fully saturated rings. The normalized spacial score (nSPS) is 16.0. The van der Waals surface area contributed by atoms with Gasteiger partial charge >= 0.3 is 12.3 Å². The second kappa shape index (κ2) is 8.37. The summed E-state index contributed by atoms with van der Waals surface area (Å²) >= 11 is 1.13. The summed E-state index contributed by atoms with van der Waals surface area (Å²) in [5.74, 6) is 1.74. The predicted molar refractivity (Wildman–Crippen MR) is 85.7 cm³/mol. The zero-order valence-corrected chi connectivity index (χ0v) is 14.5. The van der Waals surface area contributed by atoms with Crippen LogP contribution in [0.5, 0.6) is 11.5 Å². The molecule has 1 amide bonds. The maximum absolute atomic E-state index is 11.9. The lowest BCUT2D eigenvalue weighted by molar-refractivity contribution is -0.160. The smallest absolute Gasteiger partial charge is 0.422 e. The van der Waals surface area contributed by atoms with Crippen LogP contribution in [0.4, 0.5) is 18.0 Å². The van der Waals surface area contributed by atoms with Gasteiger partial charge in [0.25, 0.3) is 11.1 Å². The Kier molecular flexibility index (Phi) is 5.94. The van der Waals surface area contributed by atoms with Crippen molar-refractivity contribution in [2.75, 3.05) is 25.5 Å². The lowest BCUT2D eigenvalue weighted by Gasteiger charge is -2.23. The topological polar surface area (TPSA) is 95.7 Å². The van der Waals surface area contributed by atoms with Gasteiger partial charge in [-0.25, -0.2) is 4.79 Å². The van der Waals surface area contributed by atoms with E-state index in [1.54, 1.807) is 12.1 Å². The van der Waals surface area contributed by atoms with Crippen molar-refractivity contribution >= 4 is 17.9 Å². The summed E-state index contributed by atoms with van der Waals surface area (Å²) in [6.07, 6.45) is -6.25. The van der Waals surface area contributed by atoms with E-state index < -0.39 is 25.0 Å². The van der Waals surface area contributed by atoms with Crippen molar-refractivity contribution < 1.29 is 36.6 Å². The van der Waals surface area contributed by atoms with Gasteiger partial charge in [0.1, 0.15) is 6.61 Å². The minimum absolute atomic E-state index is 0.0650. The highest BCUT2D eigenvalue weighted by molar-refractivity contribution is 7.99. The van der Waals surface area contributed by atoms with Gasteiger partial charge in [-0.3, -0.25) is 0 Å². The Morgan fingerprint density at radius 2 is 2.07 bits per heavy atom. The molecule has 27 heavy (non-hydrogen) atoms. The number of carbonyl (C=O) groups is 1. The summed E-state index contributed by atoms with van der Waals surface area (Å²) in [4.78, 5) is 11.1. The van der Waals surface area contributed by atoms with Crippen molar-refractivity contribution in [3.8, 4) is 11.5 Å². The molecule has 0 aliphatic carbocycles. The quantitative estimate of drug-likeness (QED) is 0.579. The molecule has 0 spiro atoms. The molecule has 1 aliphatic heterocycles. The van der Waals surface area contributed by atoms with Gasteiger partial charge in [0.05, 0.1) is 0 Å². The largest absolute Gasteiger partial charge is 0.485 e. The zero-order chi connectivity index (χ0) is 19.3. The van der Waals surface area contributed by atoms with E-state index in [2.05, 4.69) is 20.3 Å². The van der Waals surface area contributed by atoms with Gasteiger partial charge in [0.2, 0.25) is 6.10 Å². The van der Waals surface area contributed by atoms with Crippen molar-refractivity contribution in [1.82, 2.24) is 15.5 Å². The van der Waals surface area contributed by atoms with Crippen LogP contribution in [0.3, 0.4) is 0 Å². The number of carbonyl (C=O) groups excluding carboxylic acids is 1. The number of fused-ring (bicyclic) bond motifs is 1. The number of thioether (sulfide) groups is 1. The number of benzene rings is 1. The predicted octanol–water partition coefficient (Wildman–Crippen LogP) is 2.96. The fraction of sp³-hybridized carbons (Fsp3) is 0.400. The summed E-state index contributed by atoms with van der Waals surface area (Å²) in [7, 11) is 0. The van der Waals surface area contributed by atoms with Crippen molar-refractivity contribution in [2.24, 2.45) is 0 Å². The molecule has 1 N–H and O–H groups in total. The number of ether oxygens (including phenoxy) is 3. The lowest BCUT2D eigenvalue weighted by Crippen LogP contribution is -2.30. The molecule has 146 valence electrons. The van der Waals surface area contributed by atoms with Gasteiger partial charge in [-0.2, -0.15) is 13.2 Å². The van der Waals surface area contributed by atoms with E-state index in [4.69, 9.17) is 13.9 Å². The standard InChI is InChI=1S/C15H14F3N3O5S/c16-15(17,18)8-24-13(22)19-5-6-27-14-21-20-12(26-14)11-7-23-9-3-1-2-4-10(9)25-11/h1-4,11H,5-8H2,(H,19,22). The molecule has 2 heterocycles. The maximum Gasteiger partial charge on any atom is 0.422 e. The van der Waals surface area contributed by atoms with Crippen LogP contribution in [0.2, 0.25) is 0 Å². The highest BCUT2D eigenvalue weighted by Crippen LogP contribution is 2.35. The second-order valence-corrected chi connectivity index (χ2v) is 6.28. The van der Waals surface area contributed by atoms with E-state index in [1.165, 1.54) is 0 Å². The zero-order valence-electron chi connectivity index (χ0n) is 13.7. The molecule has 12 heteroatoms. The first-order chi connectivity index (χ1) is 12.9. The number of halogens is 3. The molecule has 1 atom stereocenters. The number of aromatic nitrogens is 2. The number of alkyl halides is 3. The Labute approximate surface area is 155 Å². The fourth-order valence-corrected chi connectivity index (χ4v) is 2.66. The summed E-state index contributed by atoms with van der Waals surface area (Å²) in [5, 5.41) is 10.2. The third-order valence-corrected chi connectivity index (χ3v) is 3.99. The van der Waals surface area contributed by atoms with Gasteiger partial charge in [0, 0.05) is 12.3 Å². The Bertz CT molecular complexity index is 786. The molecular formula is C15H14F3N3O5S. The number of rotatable bonds is 6. The highest BCUT2D eigenvalue weighted by Gasteiger charge is 2.29. The first-order valence-corrected chi connectivity index (χ1v) is 8.71. The first-order valence-electron chi connectivity index (χ1n) is 7.73. The summed E-state index contributed by atoms with van der Waals surface area (Å²) in [5.41, 5.74) is 0. The van der Waals surface area contributed by atoms with E-state index in [1.807, 2.05) is 12.1 Å². The Balaban J connectivity index is 1.41. The Hall–Kier alpha value is -2.63. The fourth-order valence-electron chi connectivity index (χ4n) is 2.04. The maximum atomic E-state index is 11.9. The Morgan fingerprint density at radius 3 is 2.85 bits per heavy atom. The van der Waals surface area contributed by atoms with E-state index in [0.717, 1.165) is 11.8 Å². The average molecular weight is 405 g/mol. The number of nitrogens with zero attached hydrogens (tertiary/aromatic N) is 2. The molecule has 1 aromatic heterocycles. The van der Waals surface area contributed by atoms with Crippen LogP contribution in [0, 0.1) is 0 Å². The first kappa shape index (κ1) is 19.1. The van der Waals surface area contributed by atoms with Crippen molar-refractivity contribution in [2.45, 2.75) is 17.5 Å². The number of alkyl carbamates (subject to hydrolysis) is 1. The van der Waals surface area contributed by atoms with Crippen LogP contribution in [-0.4, -0.2) is 48.0 Å². The second-order valence-electron chi connectivity index (χ2n) is 5.24. The monoisotopic (exact) mass is 405 g/mol. The molecular weight excluding hydrogens is 391 g/mol. The molecule has 3 rings (SSSR count). The van der Waals surface area contributed by atoms with Crippen molar-refractivity contribution in [3.05, 3.63) is 30.2 Å². The molecule has 1 aromatic carbocycles. The molecule has 0 bridgehead atoms. The minimum Gasteiger partial charge on any atom is -0.485 e. The van der Waals surface area contributed by atoms with E-state index >= 15 is 0 Å². The van der Waals surface area contributed by atoms with Crippen LogP contribution >= 0.6 is 11.8 Å². The highest BCUT2D eigenvalue weighted by atomic mass is 32.2. The van der Waals surface area contributed by atoms with Crippen LogP contribution in [-0.2, 0) is 4.74 Å². The van der Waals surface area contributed by atoms with Gasteiger partial charge < -0.3 is 23.9 Å². The van der Waals surface area contributed by atoms with Crippen molar-refractivity contribution in [3.63, 3.8) is 0 Å². The van der Waals surface area contributed by atoms with Gasteiger partial charge in [-0.05, 0) is 12.1 Å². The SMILES string of the molecule is O=C(NCCSc1nnc(C2COc3ccccc3O2)o1)OCC(F)(F)F. The number of nitrogens with one attached hydrogen (secondary N) is 1. The number of para-hydroxylation sites is 2. The summed E-state index contributed by atoms with van der Waals surface area (Å²) in [6.45, 7) is -1.35. The molecule has 1 unspecified atom stereocenters.